The topological polar surface area (TPSA) is 116 Å². The van der Waals surface area contributed by atoms with E-state index in [-0.39, 0.29) is 5.96 Å². The number of carbonyl (C=O) groups excluding carboxylic acids is 1. The SMILES string of the molecule is CC(=O)[O-].C[N+](C)(C)C.N=C(N)N. The molecular weight excluding hydrogens is 172 g/mol. The smallest absolute Gasteiger partial charge is 0.183 e. The zero-order valence-electron chi connectivity index (χ0n) is 8.92. The number of aliphatic carboxylic acids is 1. The predicted molar refractivity (Wildman–Crippen MR) is 50.7 cm³/mol. The number of nitrogens with one attached hydrogen (secondary N) is 1. The van der Waals surface area contributed by atoms with Gasteiger partial charge in [-0.2, -0.15) is 0 Å². The van der Waals surface area contributed by atoms with Gasteiger partial charge in [0.05, 0.1) is 28.2 Å². The third-order valence-electron chi connectivity index (χ3n) is 0. The summed E-state index contributed by atoms with van der Waals surface area (Å²) in [4.78, 5) is 8.89. The molecule has 6 nitrogen and oxygen atoms in total. The van der Waals surface area contributed by atoms with E-state index in [1.54, 1.807) is 0 Å². The number of nitrogens with zero attached hydrogens (tertiary/aromatic N) is 1. The third-order valence-corrected chi connectivity index (χ3v) is 0. The highest BCUT2D eigenvalue weighted by molar-refractivity contribution is 5.71. The fraction of sp³-hybridized carbons (Fsp3) is 0.714. The third kappa shape index (κ3) is 479. The largest absolute Gasteiger partial charge is 0.550 e. The number of rotatable bonds is 0. The Hall–Kier alpha value is -1.30. The molecule has 80 valence electrons. The van der Waals surface area contributed by atoms with Gasteiger partial charge in [0.1, 0.15) is 0 Å². The maximum atomic E-state index is 8.89. The van der Waals surface area contributed by atoms with Gasteiger partial charge < -0.3 is 25.9 Å². The molecule has 0 fully saturated rings. The van der Waals surface area contributed by atoms with E-state index in [9.17, 15) is 0 Å². The van der Waals surface area contributed by atoms with Gasteiger partial charge in [0, 0.05) is 5.97 Å². The standard InChI is InChI=1S/C4H12N.C2H4O2.CH5N3/c1-5(2,3)4;1-2(3)4;2-1(3)4/h1-4H3;1H3,(H,3,4);(H5,2,3,4)/q+1;;/p-1. The zero-order valence-corrected chi connectivity index (χ0v) is 8.92. The average molecular weight is 192 g/mol. The van der Waals surface area contributed by atoms with Gasteiger partial charge in [-0.3, -0.25) is 5.41 Å². The number of quaternary nitrogens is 1. The Balaban J connectivity index is -0.000000117. The van der Waals surface area contributed by atoms with Crippen LogP contribution in [0, 0.1) is 5.41 Å². The first-order valence-electron chi connectivity index (χ1n) is 3.52. The van der Waals surface area contributed by atoms with Crippen LogP contribution in [-0.2, 0) is 4.79 Å². The van der Waals surface area contributed by atoms with Crippen LogP contribution in [0.1, 0.15) is 6.92 Å². The van der Waals surface area contributed by atoms with E-state index in [0.29, 0.717) is 0 Å². The average Bonchev–Trinajstić information content (AvgIpc) is 1.50. The highest BCUT2D eigenvalue weighted by atomic mass is 16.4. The molecule has 0 atom stereocenters. The van der Waals surface area contributed by atoms with E-state index < -0.39 is 5.97 Å². The number of guanidine groups is 1. The molecule has 0 radical (unpaired) electrons. The molecule has 0 aliphatic heterocycles. The number of carboxylic acids is 1. The summed E-state index contributed by atoms with van der Waals surface area (Å²) >= 11 is 0. The molecule has 0 heterocycles. The van der Waals surface area contributed by atoms with Crippen molar-refractivity contribution in [3.63, 3.8) is 0 Å². The normalized spacial score (nSPS) is 8.38. The maximum absolute atomic E-state index is 8.89. The van der Waals surface area contributed by atoms with Crippen molar-refractivity contribution < 1.29 is 14.4 Å². The first-order valence-corrected chi connectivity index (χ1v) is 3.52. The van der Waals surface area contributed by atoms with Crippen LogP contribution in [0.4, 0.5) is 0 Å². The van der Waals surface area contributed by atoms with E-state index >= 15 is 0 Å². The molecule has 0 saturated carbocycles. The summed E-state index contributed by atoms with van der Waals surface area (Å²) in [5, 5.41) is 14.9. The fourth-order valence-corrected chi connectivity index (χ4v) is 0. The Morgan fingerprint density at radius 2 is 1.23 bits per heavy atom. The summed E-state index contributed by atoms with van der Waals surface area (Å²) in [6, 6.07) is 0. The molecule has 0 aromatic heterocycles. The molecule has 0 unspecified atom stereocenters. The first-order chi connectivity index (χ1) is 5.46. The van der Waals surface area contributed by atoms with Gasteiger partial charge >= 0.3 is 0 Å². The van der Waals surface area contributed by atoms with Crippen LogP contribution in [0.3, 0.4) is 0 Å². The second kappa shape index (κ2) is 8.79. The molecule has 0 rings (SSSR count). The van der Waals surface area contributed by atoms with Crippen LogP contribution in [0.2, 0.25) is 0 Å². The number of hydrogen-bond acceptors (Lipinski definition) is 3. The molecule has 0 spiro atoms. The van der Waals surface area contributed by atoms with E-state index in [0.717, 1.165) is 11.4 Å². The molecular formula is C7H20N4O2. The van der Waals surface area contributed by atoms with Crippen molar-refractivity contribution in [1.82, 2.24) is 0 Å². The van der Waals surface area contributed by atoms with E-state index in [4.69, 9.17) is 15.3 Å². The van der Waals surface area contributed by atoms with Gasteiger partial charge in [0.2, 0.25) is 0 Å². The van der Waals surface area contributed by atoms with Crippen molar-refractivity contribution in [1.29, 1.82) is 5.41 Å². The summed E-state index contributed by atoms with van der Waals surface area (Å²) in [5.74, 6) is -1.42. The second-order valence-corrected chi connectivity index (χ2v) is 3.63. The number of carbonyl (C=O) groups is 1. The molecule has 6 heteroatoms. The van der Waals surface area contributed by atoms with Crippen molar-refractivity contribution in [3.05, 3.63) is 0 Å². The first kappa shape index (κ1) is 17.7. The van der Waals surface area contributed by atoms with Crippen molar-refractivity contribution in [2.24, 2.45) is 11.5 Å². The van der Waals surface area contributed by atoms with Crippen LogP contribution >= 0.6 is 0 Å². The lowest BCUT2D eigenvalue weighted by Gasteiger charge is -2.14. The van der Waals surface area contributed by atoms with Crippen molar-refractivity contribution in [2.45, 2.75) is 6.92 Å². The van der Waals surface area contributed by atoms with Crippen LogP contribution in [-0.4, -0.2) is 44.6 Å². The van der Waals surface area contributed by atoms with Gasteiger partial charge in [-0.05, 0) is 6.92 Å². The Morgan fingerprint density at radius 1 is 1.23 bits per heavy atom. The lowest BCUT2D eigenvalue weighted by atomic mass is 10.8. The number of carboxylic acid groups (broad SMARTS) is 1. The summed E-state index contributed by atoms with van der Waals surface area (Å²) in [6.07, 6.45) is 0. The molecule has 13 heavy (non-hydrogen) atoms. The zero-order chi connectivity index (χ0) is 11.7. The number of hydrogen-bond donors (Lipinski definition) is 3. The minimum atomic E-state index is -1.08. The van der Waals surface area contributed by atoms with Crippen LogP contribution < -0.4 is 16.6 Å². The van der Waals surface area contributed by atoms with Crippen molar-refractivity contribution >= 4 is 11.9 Å². The van der Waals surface area contributed by atoms with Gasteiger partial charge in [-0.1, -0.05) is 0 Å². The molecule has 5 N–H and O–H groups in total. The molecule has 0 bridgehead atoms. The summed E-state index contributed by atoms with van der Waals surface area (Å²) in [5.41, 5.74) is 8.94. The molecule has 0 amide bonds. The Labute approximate surface area is 79.2 Å². The van der Waals surface area contributed by atoms with E-state index in [1.165, 1.54) is 0 Å². The van der Waals surface area contributed by atoms with Gasteiger partial charge in [-0.15, -0.1) is 0 Å². The minimum absolute atomic E-state index is 0.333. The summed E-state index contributed by atoms with van der Waals surface area (Å²) in [7, 11) is 8.50. The van der Waals surface area contributed by atoms with Crippen molar-refractivity contribution in [2.75, 3.05) is 28.2 Å². The summed E-state index contributed by atoms with van der Waals surface area (Å²) < 4.78 is 1.00. The van der Waals surface area contributed by atoms with E-state index in [2.05, 4.69) is 39.7 Å². The lowest BCUT2D eigenvalue weighted by Crippen LogP contribution is -2.27. The Morgan fingerprint density at radius 3 is 1.23 bits per heavy atom. The van der Waals surface area contributed by atoms with E-state index in [1.807, 2.05) is 0 Å². The van der Waals surface area contributed by atoms with Gasteiger partial charge in [0.25, 0.3) is 0 Å². The second-order valence-electron chi connectivity index (χ2n) is 3.63. The molecule has 0 aliphatic carbocycles. The highest BCUT2D eigenvalue weighted by Gasteiger charge is 1.88. The molecule has 0 aliphatic rings. The predicted octanol–water partition coefficient (Wildman–Crippen LogP) is -2.08. The monoisotopic (exact) mass is 192 g/mol. The Kier molecular flexibility index (Phi) is 12.0. The number of nitrogens with two attached hydrogens (primary N) is 2. The maximum Gasteiger partial charge on any atom is 0.183 e. The van der Waals surface area contributed by atoms with Gasteiger partial charge in [0.15, 0.2) is 5.96 Å². The summed E-state index contributed by atoms with van der Waals surface area (Å²) in [6.45, 7) is 0.972. The molecule has 0 aromatic rings. The van der Waals surface area contributed by atoms with Crippen LogP contribution in [0.15, 0.2) is 0 Å². The Bertz CT molecular complexity index is 125. The molecule has 0 aromatic carbocycles. The van der Waals surface area contributed by atoms with Gasteiger partial charge in [-0.25, -0.2) is 0 Å². The van der Waals surface area contributed by atoms with Crippen LogP contribution in [0.5, 0.6) is 0 Å². The van der Waals surface area contributed by atoms with Crippen molar-refractivity contribution in [3.8, 4) is 0 Å². The minimum Gasteiger partial charge on any atom is -0.550 e. The highest BCUT2D eigenvalue weighted by Crippen LogP contribution is 1.73. The quantitative estimate of drug-likeness (QED) is 0.232. The molecule has 0 saturated heterocycles. The van der Waals surface area contributed by atoms with Crippen LogP contribution in [0.25, 0.3) is 0 Å². The lowest BCUT2D eigenvalue weighted by molar-refractivity contribution is -0.849. The fourth-order valence-electron chi connectivity index (χ4n) is 0.